The van der Waals surface area contributed by atoms with Crippen molar-refractivity contribution in [3.63, 3.8) is 0 Å². The summed E-state index contributed by atoms with van der Waals surface area (Å²) in [6.45, 7) is 15.5. The fourth-order valence-corrected chi connectivity index (χ4v) is 9.10. The van der Waals surface area contributed by atoms with Crippen molar-refractivity contribution in [1.82, 2.24) is 4.90 Å². The highest BCUT2D eigenvalue weighted by molar-refractivity contribution is 8.00. The molecule has 2 nitrogen and oxygen atoms in total. The molecule has 4 atom stereocenters. The predicted molar refractivity (Wildman–Crippen MR) is 158 cm³/mol. The first kappa shape index (κ1) is 28.4. The van der Waals surface area contributed by atoms with Gasteiger partial charge in [-0.3, -0.25) is 4.79 Å². The second-order valence-electron chi connectivity index (χ2n) is 11.3. The predicted octanol–water partition coefficient (Wildman–Crippen LogP) is 9.02. The molecule has 1 aliphatic rings. The molecule has 2 aromatic carbocycles. The molecule has 0 aromatic heterocycles. The third kappa shape index (κ3) is 6.97. The van der Waals surface area contributed by atoms with Crippen LogP contribution >= 0.6 is 35.0 Å². The Morgan fingerprint density at radius 2 is 1.83 bits per heavy atom. The molecule has 3 rings (SSSR count). The van der Waals surface area contributed by atoms with E-state index in [-0.39, 0.29) is 23.9 Å². The molecule has 1 unspecified atom stereocenters. The Morgan fingerprint density at radius 3 is 2.40 bits per heavy atom. The Balaban J connectivity index is 2.13. The summed E-state index contributed by atoms with van der Waals surface area (Å²) in [5.41, 5.74) is 1.80. The van der Waals surface area contributed by atoms with Gasteiger partial charge in [0.15, 0.2) is 0 Å². The highest BCUT2D eigenvalue weighted by Crippen LogP contribution is 2.52. The van der Waals surface area contributed by atoms with Gasteiger partial charge in [-0.1, -0.05) is 87.0 Å². The molecule has 1 aliphatic heterocycles. The summed E-state index contributed by atoms with van der Waals surface area (Å²) in [6.07, 6.45) is 4.22. The zero-order valence-electron chi connectivity index (χ0n) is 21.7. The highest BCUT2D eigenvalue weighted by atomic mass is 35.5. The van der Waals surface area contributed by atoms with Crippen molar-refractivity contribution in [3.8, 4) is 0 Å². The number of allylic oxidation sites excluding steroid dienone is 1. The molecule has 0 N–H and O–H groups in total. The Hall–Kier alpha value is -1.20. The van der Waals surface area contributed by atoms with Crippen LogP contribution in [0.5, 0.6) is 0 Å². The van der Waals surface area contributed by atoms with Gasteiger partial charge in [-0.15, -0.1) is 6.58 Å². The Bertz CT molecular complexity index is 1020. The molecule has 1 amide bonds. The second kappa shape index (κ2) is 11.9. The molecule has 0 bridgehead atoms. The topological polar surface area (TPSA) is 20.3 Å². The molecule has 0 saturated carbocycles. The first-order valence-electron chi connectivity index (χ1n) is 12.5. The van der Waals surface area contributed by atoms with Crippen molar-refractivity contribution in [1.29, 1.82) is 0 Å². The van der Waals surface area contributed by atoms with Crippen LogP contribution in [0, 0.1) is 5.41 Å². The van der Waals surface area contributed by atoms with Crippen LogP contribution in [0.3, 0.4) is 0 Å². The maximum atomic E-state index is 14.3. The van der Waals surface area contributed by atoms with Gasteiger partial charge in [0.25, 0.3) is 0 Å². The molecule has 0 radical (unpaired) electrons. The van der Waals surface area contributed by atoms with Gasteiger partial charge < -0.3 is 4.90 Å². The fraction of sp³-hybridized carbons (Fsp3) is 0.483. The van der Waals surface area contributed by atoms with E-state index in [1.54, 1.807) is 0 Å². The summed E-state index contributed by atoms with van der Waals surface area (Å²) in [7, 11) is -1.19. The van der Waals surface area contributed by atoms with Crippen LogP contribution in [0.15, 0.2) is 61.2 Å². The highest BCUT2D eigenvalue weighted by Gasteiger charge is 2.50. The van der Waals surface area contributed by atoms with Gasteiger partial charge in [0, 0.05) is 27.8 Å². The maximum absolute atomic E-state index is 14.3. The number of benzene rings is 2. The third-order valence-corrected chi connectivity index (χ3v) is 12.3. The van der Waals surface area contributed by atoms with Crippen LogP contribution in [0.2, 0.25) is 29.7 Å². The quantitative estimate of drug-likeness (QED) is 0.218. The minimum atomic E-state index is -1.19. The standard InChI is InChI=1S/C29H39Cl2NOSSi/c1-7-16-29(3)18-26(22-10-9-11-24(31)17-22)27(21-12-14-23(30)15-13-21)32(28(29)33)25(8-2)19-34-20-35(4,5)6/h7,9-15,17,25-27H,1,8,16,18-20H2,2-6H3/t25?,26-,27-,29+/m1/s1. The van der Waals surface area contributed by atoms with Crippen molar-refractivity contribution < 1.29 is 4.79 Å². The van der Waals surface area contributed by atoms with E-state index in [1.165, 1.54) is 10.9 Å². The van der Waals surface area contributed by atoms with Gasteiger partial charge in [-0.2, -0.15) is 11.8 Å². The van der Waals surface area contributed by atoms with Crippen LogP contribution in [0.25, 0.3) is 0 Å². The minimum Gasteiger partial charge on any atom is -0.331 e. The molecular formula is C29H39Cl2NOSSi. The van der Waals surface area contributed by atoms with Crippen LogP contribution in [-0.2, 0) is 4.79 Å². The average Bonchev–Trinajstić information content (AvgIpc) is 2.79. The van der Waals surface area contributed by atoms with Crippen LogP contribution in [0.4, 0.5) is 0 Å². The van der Waals surface area contributed by atoms with E-state index < -0.39 is 13.5 Å². The summed E-state index contributed by atoms with van der Waals surface area (Å²) in [6, 6.07) is 16.3. The first-order chi connectivity index (χ1) is 16.5. The number of nitrogens with zero attached hydrogens (tertiary/aromatic N) is 1. The Morgan fingerprint density at radius 1 is 1.14 bits per heavy atom. The fourth-order valence-electron chi connectivity index (χ4n) is 5.18. The van der Waals surface area contributed by atoms with Gasteiger partial charge in [0.1, 0.15) is 0 Å². The van der Waals surface area contributed by atoms with E-state index in [4.69, 9.17) is 23.2 Å². The van der Waals surface area contributed by atoms with Gasteiger partial charge in [-0.05, 0) is 60.0 Å². The van der Waals surface area contributed by atoms with Gasteiger partial charge >= 0.3 is 0 Å². The third-order valence-electron chi connectivity index (χ3n) is 6.90. The molecule has 190 valence electrons. The van der Waals surface area contributed by atoms with Crippen molar-refractivity contribution in [3.05, 3.63) is 82.4 Å². The van der Waals surface area contributed by atoms with Crippen molar-refractivity contribution in [2.45, 2.75) is 70.8 Å². The van der Waals surface area contributed by atoms with Crippen LogP contribution in [-0.4, -0.2) is 36.1 Å². The number of halogens is 2. The lowest BCUT2D eigenvalue weighted by atomic mass is 9.67. The average molecular weight is 549 g/mol. The number of carbonyl (C=O) groups excluding carboxylic acids is 1. The smallest absolute Gasteiger partial charge is 0.229 e. The lowest BCUT2D eigenvalue weighted by Gasteiger charge is -2.52. The summed E-state index contributed by atoms with van der Waals surface area (Å²) < 4.78 is 0. The van der Waals surface area contributed by atoms with E-state index >= 15 is 0 Å². The zero-order valence-corrected chi connectivity index (χ0v) is 25.0. The largest absolute Gasteiger partial charge is 0.331 e. The number of rotatable bonds is 10. The number of amides is 1. The maximum Gasteiger partial charge on any atom is 0.229 e. The second-order valence-corrected chi connectivity index (χ2v) is 19.2. The van der Waals surface area contributed by atoms with Crippen LogP contribution in [0.1, 0.15) is 56.2 Å². The molecule has 2 aromatic rings. The van der Waals surface area contributed by atoms with E-state index in [1.807, 2.05) is 42.1 Å². The molecule has 35 heavy (non-hydrogen) atoms. The summed E-state index contributed by atoms with van der Waals surface area (Å²) in [4.78, 5) is 16.5. The molecule has 1 saturated heterocycles. The van der Waals surface area contributed by atoms with Gasteiger partial charge in [-0.25, -0.2) is 0 Å². The molecule has 6 heteroatoms. The number of thioether (sulfide) groups is 1. The van der Waals surface area contributed by atoms with Gasteiger partial charge in [0.05, 0.1) is 19.5 Å². The summed E-state index contributed by atoms with van der Waals surface area (Å²) >= 11 is 14.7. The van der Waals surface area contributed by atoms with Crippen LogP contribution < -0.4 is 0 Å². The zero-order chi connectivity index (χ0) is 25.8. The monoisotopic (exact) mass is 547 g/mol. The molecule has 1 heterocycles. The molecule has 0 spiro atoms. The van der Waals surface area contributed by atoms with E-state index in [0.717, 1.165) is 29.2 Å². The van der Waals surface area contributed by atoms with Crippen molar-refractivity contribution in [2.24, 2.45) is 5.41 Å². The lowest BCUT2D eigenvalue weighted by Crippen LogP contribution is -2.56. The molecule has 1 fully saturated rings. The number of hydrogen-bond donors (Lipinski definition) is 0. The normalized spacial score (nSPS) is 23.9. The Kier molecular flexibility index (Phi) is 9.64. The summed E-state index contributed by atoms with van der Waals surface area (Å²) in [5, 5.41) is 2.62. The van der Waals surface area contributed by atoms with E-state index in [2.05, 4.69) is 69.2 Å². The lowest BCUT2D eigenvalue weighted by molar-refractivity contribution is -0.153. The number of hydrogen-bond acceptors (Lipinski definition) is 2. The van der Waals surface area contributed by atoms with Crippen molar-refractivity contribution in [2.75, 3.05) is 11.1 Å². The van der Waals surface area contributed by atoms with E-state index in [9.17, 15) is 4.79 Å². The van der Waals surface area contributed by atoms with Crippen molar-refractivity contribution >= 4 is 48.9 Å². The first-order valence-corrected chi connectivity index (χ1v) is 18.1. The summed E-state index contributed by atoms with van der Waals surface area (Å²) in [5.74, 6) is 1.30. The minimum absolute atomic E-state index is 0.0754. The molecule has 0 aliphatic carbocycles. The van der Waals surface area contributed by atoms with Gasteiger partial charge in [0.2, 0.25) is 5.91 Å². The SMILES string of the molecule is C=CC[C@@]1(C)C[C@H](c2cccc(Cl)c2)[C@@H](c2ccc(Cl)cc2)N(C(CC)CSC[Si](C)(C)C)C1=O. The number of piperidine rings is 1. The van der Waals surface area contributed by atoms with E-state index in [0.29, 0.717) is 11.4 Å². The Labute approximate surface area is 227 Å². The number of carbonyl (C=O) groups is 1. The number of likely N-dealkylation sites (tertiary alicyclic amines) is 1. The molecular weight excluding hydrogens is 509 g/mol.